The molecule has 0 aliphatic carbocycles. The second-order valence-corrected chi connectivity index (χ2v) is 6.21. The van der Waals surface area contributed by atoms with Crippen LogP contribution in [0.25, 0.3) is 0 Å². The molecule has 2 rings (SSSR count). The van der Waals surface area contributed by atoms with Crippen molar-refractivity contribution < 1.29 is 0 Å². The summed E-state index contributed by atoms with van der Waals surface area (Å²) >= 11 is 3.56. The van der Waals surface area contributed by atoms with E-state index in [4.69, 9.17) is 5.73 Å². The smallest absolute Gasteiger partial charge is 0.0426 e. The Morgan fingerprint density at radius 3 is 2.50 bits per heavy atom. The van der Waals surface area contributed by atoms with E-state index in [1.165, 1.54) is 16.8 Å². The molecule has 0 aromatic heterocycles. The van der Waals surface area contributed by atoms with Gasteiger partial charge in [0.05, 0.1) is 0 Å². The summed E-state index contributed by atoms with van der Waals surface area (Å²) in [5, 5.41) is 0. The van der Waals surface area contributed by atoms with Crippen molar-refractivity contribution >= 4 is 21.6 Å². The summed E-state index contributed by atoms with van der Waals surface area (Å²) < 4.78 is 1.10. The van der Waals surface area contributed by atoms with Crippen molar-refractivity contribution in [2.24, 2.45) is 5.73 Å². The molecule has 3 heteroatoms. The zero-order valence-corrected chi connectivity index (χ0v) is 13.6. The Hall–Kier alpha value is -1.32. The number of nitrogens with zero attached hydrogens (tertiary/aromatic N) is 1. The highest BCUT2D eigenvalue weighted by molar-refractivity contribution is 9.10. The highest BCUT2D eigenvalue weighted by Crippen LogP contribution is 2.26. The van der Waals surface area contributed by atoms with Gasteiger partial charge in [0.1, 0.15) is 0 Å². The number of nitrogens with two attached hydrogens (primary N) is 1. The lowest BCUT2D eigenvalue weighted by Gasteiger charge is -2.24. The topological polar surface area (TPSA) is 29.3 Å². The maximum atomic E-state index is 5.95. The maximum absolute atomic E-state index is 5.95. The molecule has 0 saturated carbocycles. The van der Waals surface area contributed by atoms with E-state index in [-0.39, 0.29) is 6.04 Å². The molecule has 0 spiro atoms. The highest BCUT2D eigenvalue weighted by Gasteiger charge is 2.10. The first-order valence-corrected chi connectivity index (χ1v) is 7.64. The van der Waals surface area contributed by atoms with Crippen LogP contribution in [-0.4, -0.2) is 13.1 Å². The van der Waals surface area contributed by atoms with Gasteiger partial charge < -0.3 is 10.6 Å². The number of hydrogen-bond donors (Lipinski definition) is 1. The fraction of sp³-hybridized carbons (Fsp3) is 0.294. The predicted octanol–water partition coefficient (Wildman–Crippen LogP) is 3.98. The van der Waals surface area contributed by atoms with Crippen molar-refractivity contribution in [3.63, 3.8) is 0 Å². The third kappa shape index (κ3) is 4.09. The molecule has 0 aliphatic rings. The molecular weight excluding hydrogens is 312 g/mol. The number of halogens is 1. The molecule has 0 radical (unpaired) electrons. The monoisotopic (exact) mass is 332 g/mol. The highest BCUT2D eigenvalue weighted by atomic mass is 79.9. The van der Waals surface area contributed by atoms with Crippen LogP contribution in [0.4, 0.5) is 5.69 Å². The SMILES string of the molecule is CC(N)Cc1ccc(Br)cc1N(C)Cc1ccccc1. The van der Waals surface area contributed by atoms with Crippen LogP contribution in [0.1, 0.15) is 18.1 Å². The van der Waals surface area contributed by atoms with E-state index in [0.29, 0.717) is 0 Å². The fourth-order valence-corrected chi connectivity index (χ4v) is 2.70. The van der Waals surface area contributed by atoms with Crippen molar-refractivity contribution in [1.82, 2.24) is 0 Å². The average molecular weight is 333 g/mol. The molecule has 1 atom stereocenters. The first kappa shape index (κ1) is 15.1. The first-order chi connectivity index (χ1) is 9.56. The van der Waals surface area contributed by atoms with Crippen LogP contribution in [0.2, 0.25) is 0 Å². The van der Waals surface area contributed by atoms with Gasteiger partial charge in [-0.1, -0.05) is 52.3 Å². The summed E-state index contributed by atoms with van der Waals surface area (Å²) in [6.07, 6.45) is 0.891. The normalized spacial score (nSPS) is 12.2. The summed E-state index contributed by atoms with van der Waals surface area (Å²) in [5.41, 5.74) is 9.79. The van der Waals surface area contributed by atoms with Gasteiger partial charge in [0.25, 0.3) is 0 Å². The maximum Gasteiger partial charge on any atom is 0.0426 e. The molecule has 0 aliphatic heterocycles. The fourth-order valence-electron chi connectivity index (χ4n) is 2.35. The van der Waals surface area contributed by atoms with Gasteiger partial charge in [0.2, 0.25) is 0 Å². The van der Waals surface area contributed by atoms with Crippen molar-refractivity contribution in [2.75, 3.05) is 11.9 Å². The quantitative estimate of drug-likeness (QED) is 0.897. The van der Waals surface area contributed by atoms with Crippen molar-refractivity contribution in [1.29, 1.82) is 0 Å². The van der Waals surface area contributed by atoms with E-state index in [0.717, 1.165) is 17.4 Å². The van der Waals surface area contributed by atoms with E-state index in [1.54, 1.807) is 0 Å². The van der Waals surface area contributed by atoms with Crippen LogP contribution in [0, 0.1) is 0 Å². The first-order valence-electron chi connectivity index (χ1n) is 6.85. The standard InChI is InChI=1S/C17H21BrN2/c1-13(19)10-15-8-9-16(18)11-17(15)20(2)12-14-6-4-3-5-7-14/h3-9,11,13H,10,12,19H2,1-2H3. The Morgan fingerprint density at radius 1 is 1.15 bits per heavy atom. The number of anilines is 1. The molecular formula is C17H21BrN2. The van der Waals surface area contributed by atoms with Gasteiger partial charge in [0.15, 0.2) is 0 Å². The van der Waals surface area contributed by atoms with Crippen LogP contribution in [-0.2, 0) is 13.0 Å². The predicted molar refractivity (Wildman–Crippen MR) is 90.0 cm³/mol. The van der Waals surface area contributed by atoms with Gasteiger partial charge in [-0.05, 0) is 36.6 Å². The van der Waals surface area contributed by atoms with E-state index in [9.17, 15) is 0 Å². The van der Waals surface area contributed by atoms with Gasteiger partial charge in [-0.2, -0.15) is 0 Å². The Morgan fingerprint density at radius 2 is 1.85 bits per heavy atom. The van der Waals surface area contributed by atoms with E-state index in [1.807, 2.05) is 13.0 Å². The van der Waals surface area contributed by atoms with Gasteiger partial charge in [-0.25, -0.2) is 0 Å². The molecule has 0 amide bonds. The van der Waals surface area contributed by atoms with Crippen LogP contribution < -0.4 is 10.6 Å². The summed E-state index contributed by atoms with van der Waals surface area (Å²) in [6.45, 7) is 2.94. The molecule has 0 fully saturated rings. The molecule has 0 saturated heterocycles. The number of benzene rings is 2. The molecule has 2 aromatic rings. The molecule has 1 unspecified atom stereocenters. The lowest BCUT2D eigenvalue weighted by Crippen LogP contribution is -2.22. The Labute approximate surface area is 129 Å². The molecule has 106 valence electrons. The zero-order chi connectivity index (χ0) is 14.5. The number of rotatable bonds is 5. The van der Waals surface area contributed by atoms with E-state index < -0.39 is 0 Å². The van der Waals surface area contributed by atoms with Gasteiger partial charge >= 0.3 is 0 Å². The third-order valence-corrected chi connectivity index (χ3v) is 3.76. The van der Waals surface area contributed by atoms with E-state index >= 15 is 0 Å². The Kier molecular flexibility index (Phi) is 5.21. The van der Waals surface area contributed by atoms with Crippen molar-refractivity contribution in [3.05, 3.63) is 64.1 Å². The molecule has 2 N–H and O–H groups in total. The van der Waals surface area contributed by atoms with Crippen LogP contribution in [0.5, 0.6) is 0 Å². The molecule has 2 aromatic carbocycles. The second-order valence-electron chi connectivity index (χ2n) is 5.30. The van der Waals surface area contributed by atoms with Gasteiger partial charge in [-0.15, -0.1) is 0 Å². The van der Waals surface area contributed by atoms with Gasteiger partial charge in [0, 0.05) is 29.8 Å². The molecule has 0 bridgehead atoms. The minimum absolute atomic E-state index is 0.167. The summed E-state index contributed by atoms with van der Waals surface area (Å²) in [6, 6.07) is 17.1. The second kappa shape index (κ2) is 6.91. The Bertz CT molecular complexity index is 552. The lowest BCUT2D eigenvalue weighted by molar-refractivity contribution is 0.734. The van der Waals surface area contributed by atoms with Gasteiger partial charge in [-0.3, -0.25) is 0 Å². The van der Waals surface area contributed by atoms with Crippen LogP contribution >= 0.6 is 15.9 Å². The molecule has 2 nitrogen and oxygen atoms in total. The molecule has 0 heterocycles. The minimum atomic E-state index is 0.167. The van der Waals surface area contributed by atoms with E-state index in [2.05, 4.69) is 70.3 Å². The van der Waals surface area contributed by atoms with Crippen LogP contribution in [0.3, 0.4) is 0 Å². The Balaban J connectivity index is 2.23. The summed E-state index contributed by atoms with van der Waals surface area (Å²) in [5.74, 6) is 0. The van der Waals surface area contributed by atoms with Crippen LogP contribution in [0.15, 0.2) is 53.0 Å². The number of hydrogen-bond acceptors (Lipinski definition) is 2. The summed E-state index contributed by atoms with van der Waals surface area (Å²) in [7, 11) is 2.12. The zero-order valence-electron chi connectivity index (χ0n) is 12.0. The lowest BCUT2D eigenvalue weighted by atomic mass is 10.0. The summed E-state index contributed by atoms with van der Waals surface area (Å²) in [4.78, 5) is 2.28. The van der Waals surface area contributed by atoms with Crippen molar-refractivity contribution in [2.45, 2.75) is 25.9 Å². The minimum Gasteiger partial charge on any atom is -0.370 e. The largest absolute Gasteiger partial charge is 0.370 e. The third-order valence-electron chi connectivity index (χ3n) is 3.26. The average Bonchev–Trinajstić information content (AvgIpc) is 2.41. The van der Waals surface area contributed by atoms with Crippen molar-refractivity contribution in [3.8, 4) is 0 Å². The molecule has 20 heavy (non-hydrogen) atoms.